The maximum Gasteiger partial charge on any atom is 0.177 e. The van der Waals surface area contributed by atoms with Gasteiger partial charge in [0.05, 0.1) is 0 Å². The van der Waals surface area contributed by atoms with E-state index in [1.807, 2.05) is 0 Å². The van der Waals surface area contributed by atoms with Gasteiger partial charge in [0, 0.05) is 17.9 Å². The van der Waals surface area contributed by atoms with Crippen molar-refractivity contribution >= 4 is 28.7 Å². The summed E-state index contributed by atoms with van der Waals surface area (Å²) in [6, 6.07) is 15.3. The summed E-state index contributed by atoms with van der Waals surface area (Å²) >= 11 is 5.69. The molecule has 1 aliphatic heterocycles. The van der Waals surface area contributed by atoms with Gasteiger partial charge >= 0.3 is 0 Å². The van der Waals surface area contributed by atoms with Crippen LogP contribution in [0.4, 0.5) is 11.4 Å². The largest absolute Gasteiger partial charge is 0.332 e. The topological polar surface area (TPSA) is 15.3 Å². The van der Waals surface area contributed by atoms with Crippen molar-refractivity contribution in [2.24, 2.45) is 0 Å². The van der Waals surface area contributed by atoms with Crippen molar-refractivity contribution in [1.82, 2.24) is 0 Å². The van der Waals surface area contributed by atoms with Crippen molar-refractivity contribution in [1.29, 1.82) is 0 Å². The zero-order chi connectivity index (χ0) is 17.1. The molecule has 1 atom stereocenters. The minimum absolute atomic E-state index is 0.600. The molecule has 1 unspecified atom stereocenters. The normalized spacial score (nSPS) is 14.9. The molecule has 0 fully saturated rings. The van der Waals surface area contributed by atoms with Crippen molar-refractivity contribution in [2.45, 2.75) is 46.0 Å². The van der Waals surface area contributed by atoms with E-state index in [4.69, 9.17) is 12.2 Å². The lowest BCUT2D eigenvalue weighted by Crippen LogP contribution is -2.38. The molecule has 2 aromatic carbocycles. The SMILES string of the molecule is CCC(C)c1ccc(NC(=S)N2CCCc3cc(C)ccc32)cc1. The van der Waals surface area contributed by atoms with Crippen molar-refractivity contribution in [2.75, 3.05) is 16.8 Å². The third-order valence-corrected chi connectivity index (χ3v) is 5.26. The Kier molecular flexibility index (Phi) is 5.20. The van der Waals surface area contributed by atoms with Gasteiger partial charge in [-0.2, -0.15) is 0 Å². The van der Waals surface area contributed by atoms with Gasteiger partial charge in [-0.1, -0.05) is 43.7 Å². The number of rotatable bonds is 3. The lowest BCUT2D eigenvalue weighted by molar-refractivity contribution is 0.734. The van der Waals surface area contributed by atoms with Crippen LogP contribution < -0.4 is 10.2 Å². The summed E-state index contributed by atoms with van der Waals surface area (Å²) in [5.74, 6) is 0.600. The predicted molar refractivity (Wildman–Crippen MR) is 108 cm³/mol. The fraction of sp³-hybridized carbons (Fsp3) is 0.381. The molecule has 0 spiro atoms. The molecule has 0 bridgehead atoms. The summed E-state index contributed by atoms with van der Waals surface area (Å²) in [6.45, 7) is 7.61. The predicted octanol–water partition coefficient (Wildman–Crippen LogP) is 5.66. The van der Waals surface area contributed by atoms with Gasteiger partial charge in [0.2, 0.25) is 0 Å². The molecule has 0 amide bonds. The number of thiocarbonyl (C=S) groups is 1. The van der Waals surface area contributed by atoms with Gasteiger partial charge in [-0.3, -0.25) is 0 Å². The van der Waals surface area contributed by atoms with Crippen LogP contribution in [0.5, 0.6) is 0 Å². The first-order valence-electron chi connectivity index (χ1n) is 8.86. The number of benzene rings is 2. The fourth-order valence-corrected chi connectivity index (χ4v) is 3.57. The van der Waals surface area contributed by atoms with E-state index in [1.165, 1.54) is 22.4 Å². The van der Waals surface area contributed by atoms with E-state index in [0.29, 0.717) is 5.92 Å². The van der Waals surface area contributed by atoms with Crippen LogP contribution in [0.15, 0.2) is 42.5 Å². The smallest absolute Gasteiger partial charge is 0.177 e. The minimum Gasteiger partial charge on any atom is -0.332 e. The van der Waals surface area contributed by atoms with E-state index in [0.717, 1.165) is 36.6 Å². The Morgan fingerprint density at radius 1 is 1.21 bits per heavy atom. The molecule has 126 valence electrons. The van der Waals surface area contributed by atoms with Gasteiger partial charge < -0.3 is 10.2 Å². The van der Waals surface area contributed by atoms with Gasteiger partial charge in [0.25, 0.3) is 0 Å². The first-order valence-corrected chi connectivity index (χ1v) is 9.27. The summed E-state index contributed by atoms with van der Waals surface area (Å²) in [7, 11) is 0. The number of anilines is 2. The maximum atomic E-state index is 5.69. The lowest BCUT2D eigenvalue weighted by atomic mass is 9.98. The van der Waals surface area contributed by atoms with E-state index < -0.39 is 0 Å². The molecule has 3 heteroatoms. The highest BCUT2D eigenvalue weighted by Crippen LogP contribution is 2.29. The van der Waals surface area contributed by atoms with Gasteiger partial charge in [-0.25, -0.2) is 0 Å². The second-order valence-electron chi connectivity index (χ2n) is 6.75. The third kappa shape index (κ3) is 3.62. The highest BCUT2D eigenvalue weighted by molar-refractivity contribution is 7.80. The first-order chi connectivity index (χ1) is 11.6. The van der Waals surface area contributed by atoms with Crippen molar-refractivity contribution in [3.05, 3.63) is 59.2 Å². The third-order valence-electron chi connectivity index (χ3n) is 4.94. The molecule has 0 aliphatic carbocycles. The van der Waals surface area contributed by atoms with Crippen LogP contribution in [0.25, 0.3) is 0 Å². The van der Waals surface area contributed by atoms with Crippen LogP contribution in [-0.2, 0) is 6.42 Å². The standard InChI is InChI=1S/C21H26N2S/c1-4-16(3)17-8-10-19(11-9-17)22-21(24)23-13-5-6-18-14-15(2)7-12-20(18)23/h7-12,14,16H,4-6,13H2,1-3H3,(H,22,24). The highest BCUT2D eigenvalue weighted by atomic mass is 32.1. The van der Waals surface area contributed by atoms with Crippen LogP contribution in [-0.4, -0.2) is 11.7 Å². The van der Waals surface area contributed by atoms with Gasteiger partial charge in [-0.15, -0.1) is 0 Å². The maximum absolute atomic E-state index is 5.69. The second kappa shape index (κ2) is 7.35. The van der Waals surface area contributed by atoms with Crippen LogP contribution in [0.3, 0.4) is 0 Å². The quantitative estimate of drug-likeness (QED) is 0.727. The van der Waals surface area contributed by atoms with E-state index in [9.17, 15) is 0 Å². The van der Waals surface area contributed by atoms with Crippen molar-refractivity contribution in [3.8, 4) is 0 Å². The summed E-state index contributed by atoms with van der Waals surface area (Å²) in [6.07, 6.45) is 3.44. The molecule has 3 rings (SSSR count). The Morgan fingerprint density at radius 2 is 1.96 bits per heavy atom. The molecular formula is C21H26N2S. The Bertz CT molecular complexity index is 721. The number of nitrogens with zero attached hydrogens (tertiary/aromatic N) is 1. The Labute approximate surface area is 150 Å². The van der Waals surface area contributed by atoms with Crippen LogP contribution in [0.1, 0.15) is 49.3 Å². The molecule has 0 radical (unpaired) electrons. The summed E-state index contributed by atoms with van der Waals surface area (Å²) in [5.41, 5.74) is 6.41. The van der Waals surface area contributed by atoms with Crippen molar-refractivity contribution in [3.63, 3.8) is 0 Å². The number of nitrogens with one attached hydrogen (secondary N) is 1. The summed E-state index contributed by atoms with van der Waals surface area (Å²) < 4.78 is 0. The van der Waals surface area contributed by atoms with Crippen molar-refractivity contribution < 1.29 is 0 Å². The second-order valence-corrected chi connectivity index (χ2v) is 7.14. The lowest BCUT2D eigenvalue weighted by Gasteiger charge is -2.32. The molecule has 0 saturated heterocycles. The van der Waals surface area contributed by atoms with Gasteiger partial charge in [0.15, 0.2) is 5.11 Å². The zero-order valence-corrected chi connectivity index (χ0v) is 15.6. The van der Waals surface area contributed by atoms with Gasteiger partial charge in [0.1, 0.15) is 0 Å². The number of fused-ring (bicyclic) bond motifs is 1. The number of aryl methyl sites for hydroxylation is 2. The molecule has 2 aromatic rings. The molecule has 1 aliphatic rings. The monoisotopic (exact) mass is 338 g/mol. The average molecular weight is 339 g/mol. The highest BCUT2D eigenvalue weighted by Gasteiger charge is 2.20. The molecule has 1 N–H and O–H groups in total. The molecule has 24 heavy (non-hydrogen) atoms. The Balaban J connectivity index is 1.74. The molecular weight excluding hydrogens is 312 g/mol. The molecule has 0 aromatic heterocycles. The van der Waals surface area contributed by atoms with E-state index in [-0.39, 0.29) is 0 Å². The molecule has 0 saturated carbocycles. The summed E-state index contributed by atoms with van der Waals surface area (Å²) in [5, 5.41) is 4.20. The number of hydrogen-bond donors (Lipinski definition) is 1. The zero-order valence-electron chi connectivity index (χ0n) is 14.8. The fourth-order valence-electron chi connectivity index (χ4n) is 3.26. The van der Waals surface area contributed by atoms with Gasteiger partial charge in [-0.05, 0) is 73.6 Å². The van der Waals surface area contributed by atoms with Crippen LogP contribution in [0, 0.1) is 6.92 Å². The van der Waals surface area contributed by atoms with E-state index in [1.54, 1.807) is 0 Å². The molecule has 1 heterocycles. The Morgan fingerprint density at radius 3 is 2.67 bits per heavy atom. The molecule has 2 nitrogen and oxygen atoms in total. The van der Waals surface area contributed by atoms with Crippen LogP contribution >= 0.6 is 12.2 Å². The number of hydrogen-bond acceptors (Lipinski definition) is 1. The summed E-state index contributed by atoms with van der Waals surface area (Å²) in [4.78, 5) is 2.23. The van der Waals surface area contributed by atoms with Crippen LogP contribution in [0.2, 0.25) is 0 Å². The average Bonchev–Trinajstić information content (AvgIpc) is 2.60. The minimum atomic E-state index is 0.600. The first kappa shape index (κ1) is 17.0. The van der Waals surface area contributed by atoms with E-state index in [2.05, 4.69) is 73.5 Å². The Hall–Kier alpha value is -1.87. The van der Waals surface area contributed by atoms with E-state index >= 15 is 0 Å².